The topological polar surface area (TPSA) is 62.8 Å². The minimum absolute atomic E-state index is 0.720. The van der Waals surface area contributed by atoms with E-state index in [1.165, 1.54) is 0 Å². The van der Waals surface area contributed by atoms with Crippen LogP contribution in [0.3, 0.4) is 0 Å². The van der Waals surface area contributed by atoms with Crippen molar-refractivity contribution >= 4 is 33.3 Å². The van der Waals surface area contributed by atoms with Crippen LogP contribution in [0.1, 0.15) is 5.69 Å². The number of H-pyrrole nitrogens is 1. The molecular formula is C18H16N4O. The second kappa shape index (κ2) is 5.28. The Kier molecular flexibility index (Phi) is 3.12. The molecule has 4 aromatic rings. The lowest BCUT2D eigenvalue weighted by atomic mass is 10.1. The number of hydrogen-bond acceptors (Lipinski definition) is 4. The van der Waals surface area contributed by atoms with Gasteiger partial charge in [0.1, 0.15) is 5.75 Å². The van der Waals surface area contributed by atoms with Crippen LogP contribution < -0.4 is 10.1 Å². The maximum absolute atomic E-state index is 5.21. The first kappa shape index (κ1) is 13.6. The summed E-state index contributed by atoms with van der Waals surface area (Å²) >= 11 is 0. The molecule has 0 amide bonds. The van der Waals surface area contributed by atoms with E-state index in [0.29, 0.717) is 0 Å². The van der Waals surface area contributed by atoms with Gasteiger partial charge in [0.2, 0.25) is 0 Å². The smallest absolute Gasteiger partial charge is 0.183 e. The highest BCUT2D eigenvalue weighted by Crippen LogP contribution is 2.34. The molecule has 2 N–H and O–H groups in total. The average molecular weight is 304 g/mol. The Morgan fingerprint density at radius 2 is 1.83 bits per heavy atom. The second-order valence-electron chi connectivity index (χ2n) is 5.40. The monoisotopic (exact) mass is 304 g/mol. The molecule has 0 fully saturated rings. The van der Waals surface area contributed by atoms with Crippen molar-refractivity contribution in [2.75, 3.05) is 12.4 Å². The number of nitrogens with one attached hydrogen (secondary N) is 2. The summed E-state index contributed by atoms with van der Waals surface area (Å²) in [5, 5.41) is 12.9. The Hall–Kier alpha value is -3.08. The van der Waals surface area contributed by atoms with Crippen LogP contribution in [0.4, 0.5) is 11.4 Å². The standard InChI is InChI=1S/C18H16N4O/c1-11-16-17(19-12-7-9-13(23-2)10-8-12)14-5-3-4-6-15(14)20-18(16)22-21-11/h3-10H,1-2H3,(H2,19,20,21,22). The van der Waals surface area contributed by atoms with E-state index in [-0.39, 0.29) is 0 Å². The van der Waals surface area contributed by atoms with E-state index in [9.17, 15) is 0 Å². The van der Waals surface area contributed by atoms with Crippen LogP contribution in [0.2, 0.25) is 0 Å². The Labute approximate surface area is 133 Å². The molecule has 0 radical (unpaired) electrons. The number of aromatic nitrogens is 3. The van der Waals surface area contributed by atoms with Gasteiger partial charge in [-0.25, -0.2) is 4.98 Å². The fraction of sp³-hybridized carbons (Fsp3) is 0.111. The van der Waals surface area contributed by atoms with Crippen LogP contribution in [-0.2, 0) is 0 Å². The van der Waals surface area contributed by atoms with E-state index in [1.807, 2.05) is 49.4 Å². The highest BCUT2D eigenvalue weighted by atomic mass is 16.5. The molecule has 2 aromatic carbocycles. The number of rotatable bonds is 3. The van der Waals surface area contributed by atoms with Crippen LogP contribution in [-0.4, -0.2) is 22.3 Å². The van der Waals surface area contributed by atoms with Gasteiger partial charge in [-0.05, 0) is 37.3 Å². The zero-order valence-electron chi connectivity index (χ0n) is 12.9. The van der Waals surface area contributed by atoms with E-state index < -0.39 is 0 Å². The molecule has 2 heterocycles. The van der Waals surface area contributed by atoms with Crippen molar-refractivity contribution in [3.8, 4) is 5.75 Å². The summed E-state index contributed by atoms with van der Waals surface area (Å²) in [4.78, 5) is 4.63. The highest BCUT2D eigenvalue weighted by Gasteiger charge is 2.13. The summed E-state index contributed by atoms with van der Waals surface area (Å²) < 4.78 is 5.21. The molecule has 5 heteroatoms. The predicted molar refractivity (Wildman–Crippen MR) is 92.4 cm³/mol. The lowest BCUT2D eigenvalue weighted by molar-refractivity contribution is 0.415. The fourth-order valence-corrected chi connectivity index (χ4v) is 2.78. The summed E-state index contributed by atoms with van der Waals surface area (Å²) in [6, 6.07) is 15.9. The zero-order chi connectivity index (χ0) is 15.8. The largest absolute Gasteiger partial charge is 0.497 e. The summed E-state index contributed by atoms with van der Waals surface area (Å²) in [6.45, 7) is 2.00. The molecule has 0 unspecified atom stereocenters. The molecule has 0 aliphatic rings. The number of pyridine rings is 1. The fourth-order valence-electron chi connectivity index (χ4n) is 2.78. The van der Waals surface area contributed by atoms with Crippen molar-refractivity contribution in [3.05, 3.63) is 54.2 Å². The summed E-state index contributed by atoms with van der Waals surface area (Å²) in [6.07, 6.45) is 0. The van der Waals surface area contributed by atoms with Gasteiger partial charge >= 0.3 is 0 Å². The minimum atomic E-state index is 0.720. The van der Waals surface area contributed by atoms with E-state index in [2.05, 4.69) is 26.6 Å². The van der Waals surface area contributed by atoms with Crippen molar-refractivity contribution in [3.63, 3.8) is 0 Å². The molecule has 0 spiro atoms. The van der Waals surface area contributed by atoms with Crippen LogP contribution in [0, 0.1) is 6.92 Å². The van der Waals surface area contributed by atoms with Gasteiger partial charge in [0.15, 0.2) is 5.65 Å². The summed E-state index contributed by atoms with van der Waals surface area (Å²) in [7, 11) is 1.66. The van der Waals surface area contributed by atoms with Crippen LogP contribution >= 0.6 is 0 Å². The highest BCUT2D eigenvalue weighted by molar-refractivity contribution is 6.08. The number of anilines is 2. The molecule has 114 valence electrons. The maximum Gasteiger partial charge on any atom is 0.183 e. The number of ether oxygens (including phenoxy) is 1. The van der Waals surface area contributed by atoms with Gasteiger partial charge in [-0.3, -0.25) is 5.10 Å². The number of para-hydroxylation sites is 1. The first-order valence-corrected chi connectivity index (χ1v) is 7.41. The first-order chi connectivity index (χ1) is 11.3. The lowest BCUT2D eigenvalue weighted by Gasteiger charge is -2.12. The van der Waals surface area contributed by atoms with Crippen molar-refractivity contribution in [1.82, 2.24) is 15.2 Å². The first-order valence-electron chi connectivity index (χ1n) is 7.41. The van der Waals surface area contributed by atoms with E-state index >= 15 is 0 Å². The molecule has 0 saturated heterocycles. The predicted octanol–water partition coefficient (Wildman–Crippen LogP) is 4.17. The molecular weight excluding hydrogens is 288 g/mol. The van der Waals surface area contributed by atoms with Gasteiger partial charge in [0.25, 0.3) is 0 Å². The number of methoxy groups -OCH3 is 1. The number of aryl methyl sites for hydroxylation is 1. The SMILES string of the molecule is COc1ccc(Nc2c3ccccc3nc3n[nH]c(C)c23)cc1. The number of hydrogen-bond donors (Lipinski definition) is 2. The third-order valence-electron chi connectivity index (χ3n) is 3.94. The van der Waals surface area contributed by atoms with Crippen molar-refractivity contribution in [2.24, 2.45) is 0 Å². The quantitative estimate of drug-likeness (QED) is 0.596. The molecule has 0 atom stereocenters. The van der Waals surface area contributed by atoms with Crippen molar-refractivity contribution in [2.45, 2.75) is 6.92 Å². The molecule has 5 nitrogen and oxygen atoms in total. The van der Waals surface area contributed by atoms with Gasteiger partial charge in [0.05, 0.1) is 23.7 Å². The van der Waals surface area contributed by atoms with Gasteiger partial charge in [-0.2, -0.15) is 5.10 Å². The Morgan fingerprint density at radius 3 is 2.61 bits per heavy atom. The second-order valence-corrected chi connectivity index (χ2v) is 5.40. The molecule has 0 aliphatic heterocycles. The zero-order valence-corrected chi connectivity index (χ0v) is 12.9. The molecule has 4 rings (SSSR count). The van der Waals surface area contributed by atoms with E-state index in [4.69, 9.17) is 4.74 Å². The maximum atomic E-state index is 5.21. The van der Waals surface area contributed by atoms with Crippen LogP contribution in [0.5, 0.6) is 5.75 Å². The van der Waals surface area contributed by atoms with E-state index in [1.54, 1.807) is 7.11 Å². The molecule has 0 aliphatic carbocycles. The normalized spacial score (nSPS) is 11.0. The number of aromatic amines is 1. The lowest BCUT2D eigenvalue weighted by Crippen LogP contribution is -1.95. The Morgan fingerprint density at radius 1 is 1.04 bits per heavy atom. The van der Waals surface area contributed by atoms with Crippen LogP contribution in [0.25, 0.3) is 21.9 Å². The van der Waals surface area contributed by atoms with Gasteiger partial charge in [0, 0.05) is 16.8 Å². The molecule has 0 bridgehead atoms. The van der Waals surface area contributed by atoms with Gasteiger partial charge in [-0.15, -0.1) is 0 Å². The number of nitrogens with zero attached hydrogens (tertiary/aromatic N) is 2. The summed E-state index contributed by atoms with van der Waals surface area (Å²) in [5.41, 5.74) is 4.64. The number of benzene rings is 2. The average Bonchev–Trinajstić information content (AvgIpc) is 2.96. The number of fused-ring (bicyclic) bond motifs is 2. The van der Waals surface area contributed by atoms with Crippen molar-refractivity contribution in [1.29, 1.82) is 0 Å². The Balaban J connectivity index is 1.92. The summed E-state index contributed by atoms with van der Waals surface area (Å²) in [5.74, 6) is 0.833. The molecule has 0 saturated carbocycles. The van der Waals surface area contributed by atoms with Gasteiger partial charge in [-0.1, -0.05) is 18.2 Å². The molecule has 23 heavy (non-hydrogen) atoms. The minimum Gasteiger partial charge on any atom is -0.497 e. The van der Waals surface area contributed by atoms with Crippen LogP contribution in [0.15, 0.2) is 48.5 Å². The third-order valence-corrected chi connectivity index (χ3v) is 3.94. The van der Waals surface area contributed by atoms with Crippen molar-refractivity contribution < 1.29 is 4.74 Å². The molecule has 2 aromatic heterocycles. The Bertz CT molecular complexity index is 989. The van der Waals surface area contributed by atoms with Gasteiger partial charge < -0.3 is 10.1 Å². The third kappa shape index (κ3) is 2.26. The van der Waals surface area contributed by atoms with E-state index in [0.717, 1.165) is 44.8 Å².